The van der Waals surface area contributed by atoms with Crippen molar-refractivity contribution in [1.82, 2.24) is 4.90 Å². The van der Waals surface area contributed by atoms with Crippen LogP contribution in [0.1, 0.15) is 36.0 Å². The number of hydrogen-bond donors (Lipinski definition) is 0. The van der Waals surface area contributed by atoms with E-state index in [2.05, 4.69) is 0 Å². The van der Waals surface area contributed by atoms with Crippen LogP contribution in [0.15, 0.2) is 23.0 Å². The fraction of sp³-hybridized carbons (Fsp3) is 0.643. The third kappa shape index (κ3) is 3.35. The lowest BCUT2D eigenvalue weighted by atomic mass is 9.93. The average molecular weight is 251 g/mol. The molecule has 1 aliphatic heterocycles. The van der Waals surface area contributed by atoms with Crippen LogP contribution in [0.25, 0.3) is 0 Å². The van der Waals surface area contributed by atoms with Crippen molar-refractivity contribution in [2.24, 2.45) is 5.92 Å². The Morgan fingerprint density at radius 1 is 1.61 bits per heavy atom. The quantitative estimate of drug-likeness (QED) is 0.755. The molecule has 0 saturated carbocycles. The summed E-state index contributed by atoms with van der Waals surface area (Å²) in [6, 6.07) is 1.73. The maximum Gasteiger partial charge on any atom is 0.257 e. The highest BCUT2D eigenvalue weighted by atomic mass is 16.5. The summed E-state index contributed by atoms with van der Waals surface area (Å²) >= 11 is 0. The summed E-state index contributed by atoms with van der Waals surface area (Å²) < 4.78 is 10.0. The van der Waals surface area contributed by atoms with E-state index in [-0.39, 0.29) is 5.91 Å². The van der Waals surface area contributed by atoms with E-state index in [1.54, 1.807) is 19.4 Å². The van der Waals surface area contributed by atoms with Gasteiger partial charge in [0, 0.05) is 26.8 Å². The second kappa shape index (κ2) is 6.59. The van der Waals surface area contributed by atoms with Gasteiger partial charge in [-0.1, -0.05) is 0 Å². The number of amides is 1. The van der Waals surface area contributed by atoms with E-state index in [1.807, 2.05) is 4.90 Å². The molecule has 1 atom stereocenters. The molecular formula is C14H21NO3. The molecule has 100 valence electrons. The highest BCUT2D eigenvalue weighted by Gasteiger charge is 2.24. The number of likely N-dealkylation sites (tertiary alicyclic amines) is 1. The minimum atomic E-state index is 0.0974. The lowest BCUT2D eigenvalue weighted by Crippen LogP contribution is -2.39. The lowest BCUT2D eigenvalue weighted by molar-refractivity contribution is 0.0660. The Labute approximate surface area is 108 Å². The molecule has 2 heterocycles. The zero-order valence-corrected chi connectivity index (χ0v) is 10.9. The van der Waals surface area contributed by atoms with Crippen LogP contribution in [0.3, 0.4) is 0 Å². The number of carbonyl (C=O) groups excluding carboxylic acids is 1. The van der Waals surface area contributed by atoms with Crippen LogP contribution in [-0.4, -0.2) is 37.6 Å². The molecule has 1 aromatic rings. The molecule has 1 fully saturated rings. The van der Waals surface area contributed by atoms with E-state index in [9.17, 15) is 4.79 Å². The zero-order chi connectivity index (χ0) is 12.8. The largest absolute Gasteiger partial charge is 0.472 e. The molecule has 0 aliphatic carbocycles. The molecule has 0 N–H and O–H groups in total. The molecule has 1 unspecified atom stereocenters. The highest BCUT2D eigenvalue weighted by Crippen LogP contribution is 2.22. The lowest BCUT2D eigenvalue weighted by Gasteiger charge is -2.32. The van der Waals surface area contributed by atoms with Crippen LogP contribution in [0.5, 0.6) is 0 Å². The van der Waals surface area contributed by atoms with E-state index < -0.39 is 0 Å². The number of nitrogens with zero attached hydrogens (tertiary/aromatic N) is 1. The van der Waals surface area contributed by atoms with Gasteiger partial charge in [-0.05, 0) is 37.7 Å². The standard InChI is InChI=1S/C14H21NO3/c1-17-8-3-5-12-4-2-7-15(10-12)14(16)13-6-9-18-11-13/h6,9,11-12H,2-5,7-8,10H2,1H3. The molecule has 1 amide bonds. The van der Waals surface area contributed by atoms with E-state index in [4.69, 9.17) is 9.15 Å². The van der Waals surface area contributed by atoms with E-state index in [0.717, 1.165) is 39.0 Å². The van der Waals surface area contributed by atoms with Crippen molar-refractivity contribution >= 4 is 5.91 Å². The van der Waals surface area contributed by atoms with Crippen LogP contribution < -0.4 is 0 Å². The topological polar surface area (TPSA) is 42.7 Å². The number of piperidine rings is 1. The van der Waals surface area contributed by atoms with Gasteiger partial charge in [-0.3, -0.25) is 4.79 Å². The SMILES string of the molecule is COCCCC1CCCN(C(=O)c2ccoc2)C1. The minimum absolute atomic E-state index is 0.0974. The Bertz CT molecular complexity index is 361. The van der Waals surface area contributed by atoms with Crippen molar-refractivity contribution in [3.63, 3.8) is 0 Å². The maximum atomic E-state index is 12.2. The van der Waals surface area contributed by atoms with Crippen molar-refractivity contribution in [2.45, 2.75) is 25.7 Å². The van der Waals surface area contributed by atoms with Crippen molar-refractivity contribution < 1.29 is 13.9 Å². The van der Waals surface area contributed by atoms with Gasteiger partial charge in [0.05, 0.1) is 11.8 Å². The molecule has 4 heteroatoms. The maximum absolute atomic E-state index is 12.2. The fourth-order valence-corrected chi connectivity index (χ4v) is 2.57. The summed E-state index contributed by atoms with van der Waals surface area (Å²) in [5.74, 6) is 0.713. The van der Waals surface area contributed by atoms with Gasteiger partial charge in [-0.15, -0.1) is 0 Å². The van der Waals surface area contributed by atoms with Gasteiger partial charge in [0.2, 0.25) is 0 Å². The Morgan fingerprint density at radius 3 is 3.22 bits per heavy atom. The van der Waals surface area contributed by atoms with Crippen LogP contribution in [0.4, 0.5) is 0 Å². The van der Waals surface area contributed by atoms with Crippen molar-refractivity contribution in [3.8, 4) is 0 Å². The Balaban J connectivity index is 1.84. The Hall–Kier alpha value is -1.29. The van der Waals surface area contributed by atoms with E-state index in [1.165, 1.54) is 12.7 Å². The van der Waals surface area contributed by atoms with Gasteiger partial charge in [0.25, 0.3) is 5.91 Å². The predicted octanol–water partition coefficient (Wildman–Crippen LogP) is 2.56. The summed E-state index contributed by atoms with van der Waals surface area (Å²) in [6.45, 7) is 2.55. The van der Waals surface area contributed by atoms with Gasteiger partial charge in [0.1, 0.15) is 6.26 Å². The fourth-order valence-electron chi connectivity index (χ4n) is 2.57. The first kappa shape index (κ1) is 13.1. The molecule has 4 nitrogen and oxygen atoms in total. The van der Waals surface area contributed by atoms with Crippen molar-refractivity contribution in [1.29, 1.82) is 0 Å². The van der Waals surface area contributed by atoms with Crippen LogP contribution in [-0.2, 0) is 4.74 Å². The summed E-state index contributed by atoms with van der Waals surface area (Å²) in [4.78, 5) is 14.1. The second-order valence-corrected chi connectivity index (χ2v) is 4.91. The first-order chi connectivity index (χ1) is 8.81. The van der Waals surface area contributed by atoms with Crippen molar-refractivity contribution in [3.05, 3.63) is 24.2 Å². The first-order valence-electron chi connectivity index (χ1n) is 6.61. The van der Waals surface area contributed by atoms with Crippen molar-refractivity contribution in [2.75, 3.05) is 26.8 Å². The van der Waals surface area contributed by atoms with Gasteiger partial charge in [0.15, 0.2) is 0 Å². The second-order valence-electron chi connectivity index (χ2n) is 4.91. The highest BCUT2D eigenvalue weighted by molar-refractivity contribution is 5.93. The normalized spacial score (nSPS) is 20.1. The molecule has 1 aliphatic rings. The average Bonchev–Trinajstić information content (AvgIpc) is 2.92. The van der Waals surface area contributed by atoms with E-state index >= 15 is 0 Å². The molecule has 1 saturated heterocycles. The summed E-state index contributed by atoms with van der Waals surface area (Å²) in [6.07, 6.45) is 7.61. The van der Waals surface area contributed by atoms with Gasteiger partial charge in [-0.2, -0.15) is 0 Å². The predicted molar refractivity (Wildman–Crippen MR) is 68.4 cm³/mol. The number of ether oxygens (including phenoxy) is 1. The number of carbonyl (C=O) groups is 1. The summed E-state index contributed by atoms with van der Waals surface area (Å²) in [7, 11) is 1.73. The molecule has 0 spiro atoms. The Morgan fingerprint density at radius 2 is 2.50 bits per heavy atom. The molecule has 0 bridgehead atoms. The summed E-state index contributed by atoms with van der Waals surface area (Å²) in [5, 5.41) is 0. The minimum Gasteiger partial charge on any atom is -0.472 e. The molecule has 1 aromatic heterocycles. The molecular weight excluding hydrogens is 230 g/mol. The van der Waals surface area contributed by atoms with Gasteiger partial charge in [-0.25, -0.2) is 0 Å². The molecule has 0 aromatic carbocycles. The number of furan rings is 1. The first-order valence-corrected chi connectivity index (χ1v) is 6.61. The van der Waals surface area contributed by atoms with Gasteiger partial charge < -0.3 is 14.1 Å². The van der Waals surface area contributed by atoms with Crippen LogP contribution in [0, 0.1) is 5.92 Å². The molecule has 2 rings (SSSR count). The molecule has 0 radical (unpaired) electrons. The third-order valence-electron chi connectivity index (χ3n) is 3.54. The number of hydrogen-bond acceptors (Lipinski definition) is 3. The van der Waals surface area contributed by atoms with Crippen LogP contribution >= 0.6 is 0 Å². The molecule has 18 heavy (non-hydrogen) atoms. The van der Waals surface area contributed by atoms with E-state index in [0.29, 0.717) is 11.5 Å². The number of rotatable bonds is 5. The smallest absolute Gasteiger partial charge is 0.257 e. The summed E-state index contributed by atoms with van der Waals surface area (Å²) in [5.41, 5.74) is 0.660. The Kier molecular flexibility index (Phi) is 4.81. The monoisotopic (exact) mass is 251 g/mol. The zero-order valence-electron chi connectivity index (χ0n) is 10.9. The van der Waals surface area contributed by atoms with Crippen LogP contribution in [0.2, 0.25) is 0 Å². The third-order valence-corrected chi connectivity index (χ3v) is 3.54. The van der Waals surface area contributed by atoms with Gasteiger partial charge >= 0.3 is 0 Å². The number of methoxy groups -OCH3 is 1.